The van der Waals surface area contributed by atoms with Crippen LogP contribution in [0.3, 0.4) is 0 Å². The average Bonchev–Trinajstić information content (AvgIpc) is 3.60. The Kier molecular flexibility index (Phi) is 8.33. The van der Waals surface area contributed by atoms with Crippen molar-refractivity contribution in [1.29, 1.82) is 0 Å². The van der Waals surface area contributed by atoms with Crippen molar-refractivity contribution in [3.8, 4) is 22.8 Å². The number of aromatic nitrogens is 3. The molecule has 1 aromatic heterocycles. The van der Waals surface area contributed by atoms with Gasteiger partial charge in [0, 0.05) is 5.56 Å². The number of benzene rings is 3. The smallest absolute Gasteiger partial charge is 0.462 e. The SMILES string of the molecule is CCOC(=O)c1ccccc1N1C(=O)CSC1=NN=Cc1ccc(-c2ncn(-c3ccc(OC(F)(F)F)cc3)n2)cc1. The summed E-state index contributed by atoms with van der Waals surface area (Å²) in [5.74, 6) is -0.529. The molecule has 0 spiro atoms. The Hall–Kier alpha value is -4.98. The first-order valence-corrected chi connectivity index (χ1v) is 13.4. The number of ether oxygens (including phenoxy) is 2. The Labute approximate surface area is 241 Å². The van der Waals surface area contributed by atoms with Crippen LogP contribution in [0.2, 0.25) is 0 Å². The Morgan fingerprint density at radius 2 is 1.81 bits per heavy atom. The third-order valence-corrected chi connectivity index (χ3v) is 6.67. The van der Waals surface area contributed by atoms with E-state index in [1.807, 2.05) is 0 Å². The van der Waals surface area contributed by atoms with Gasteiger partial charge in [-0.05, 0) is 48.9 Å². The topological polar surface area (TPSA) is 111 Å². The molecule has 0 N–H and O–H groups in total. The normalized spacial score (nSPS) is 14.6. The monoisotopic (exact) mass is 594 g/mol. The van der Waals surface area contributed by atoms with Gasteiger partial charge in [0.2, 0.25) is 5.91 Å². The Balaban J connectivity index is 1.28. The molecule has 1 amide bonds. The molecule has 10 nitrogen and oxygen atoms in total. The van der Waals surface area contributed by atoms with Gasteiger partial charge in [-0.2, -0.15) is 5.10 Å². The second-order valence-electron chi connectivity index (χ2n) is 8.56. The lowest BCUT2D eigenvalue weighted by atomic mass is 10.1. The summed E-state index contributed by atoms with van der Waals surface area (Å²) < 4.78 is 47.6. The molecule has 1 aliphatic rings. The highest BCUT2D eigenvalue weighted by Gasteiger charge is 2.33. The fourth-order valence-electron chi connectivity index (χ4n) is 3.91. The summed E-state index contributed by atoms with van der Waals surface area (Å²) in [5.41, 5.74) is 2.56. The van der Waals surface area contributed by atoms with Crippen molar-refractivity contribution in [2.45, 2.75) is 13.3 Å². The summed E-state index contributed by atoms with van der Waals surface area (Å²) >= 11 is 1.21. The summed E-state index contributed by atoms with van der Waals surface area (Å²) in [5, 5.41) is 13.1. The number of esters is 1. The summed E-state index contributed by atoms with van der Waals surface area (Å²) in [4.78, 5) is 30.7. The minimum absolute atomic E-state index is 0.158. The minimum Gasteiger partial charge on any atom is -0.462 e. The summed E-state index contributed by atoms with van der Waals surface area (Å²) in [6.45, 7) is 1.91. The molecular formula is C28H21F3N6O4S. The highest BCUT2D eigenvalue weighted by molar-refractivity contribution is 8.15. The van der Waals surface area contributed by atoms with E-state index >= 15 is 0 Å². The minimum atomic E-state index is -4.77. The zero-order chi connectivity index (χ0) is 29.7. The first-order valence-electron chi connectivity index (χ1n) is 12.4. The first-order chi connectivity index (χ1) is 20.2. The number of anilines is 1. The Morgan fingerprint density at radius 3 is 2.52 bits per heavy atom. The van der Waals surface area contributed by atoms with Crippen molar-refractivity contribution in [3.05, 3.63) is 90.3 Å². The van der Waals surface area contributed by atoms with Gasteiger partial charge in [0.25, 0.3) is 0 Å². The van der Waals surface area contributed by atoms with Gasteiger partial charge in [-0.15, -0.1) is 23.4 Å². The van der Waals surface area contributed by atoms with Gasteiger partial charge < -0.3 is 9.47 Å². The number of hydrogen-bond acceptors (Lipinski definition) is 9. The Bertz CT molecular complexity index is 1650. The van der Waals surface area contributed by atoms with Crippen LogP contribution in [-0.2, 0) is 9.53 Å². The molecule has 0 saturated carbocycles. The van der Waals surface area contributed by atoms with E-state index in [0.717, 1.165) is 5.56 Å². The zero-order valence-electron chi connectivity index (χ0n) is 21.9. The molecule has 0 aliphatic carbocycles. The fourth-order valence-corrected chi connectivity index (χ4v) is 4.72. The number of rotatable bonds is 8. The van der Waals surface area contributed by atoms with E-state index in [1.54, 1.807) is 55.5 Å². The molecule has 214 valence electrons. The van der Waals surface area contributed by atoms with E-state index in [4.69, 9.17) is 4.74 Å². The number of halogens is 3. The second-order valence-corrected chi connectivity index (χ2v) is 9.50. The molecule has 0 radical (unpaired) electrons. The van der Waals surface area contributed by atoms with Crippen LogP contribution in [0, 0.1) is 0 Å². The van der Waals surface area contributed by atoms with E-state index < -0.39 is 12.3 Å². The number of carbonyl (C=O) groups is 2. The summed E-state index contributed by atoms with van der Waals surface area (Å²) in [6, 6.07) is 19.0. The van der Waals surface area contributed by atoms with E-state index in [0.29, 0.717) is 27.9 Å². The maximum Gasteiger partial charge on any atom is 0.573 e. The number of thioether (sulfide) groups is 1. The van der Waals surface area contributed by atoms with Gasteiger partial charge in [0.15, 0.2) is 11.0 Å². The molecule has 1 saturated heterocycles. The Morgan fingerprint density at radius 1 is 1.07 bits per heavy atom. The van der Waals surface area contributed by atoms with Crippen LogP contribution >= 0.6 is 11.8 Å². The van der Waals surface area contributed by atoms with Gasteiger partial charge in [0.1, 0.15) is 12.1 Å². The molecule has 0 bridgehead atoms. The number of carbonyl (C=O) groups excluding carboxylic acids is 2. The fraction of sp³-hybridized carbons (Fsp3) is 0.143. The maximum atomic E-state index is 12.6. The van der Waals surface area contributed by atoms with Crippen LogP contribution in [-0.4, -0.2) is 56.7 Å². The molecule has 0 atom stereocenters. The number of nitrogens with zero attached hydrogens (tertiary/aromatic N) is 6. The quantitative estimate of drug-likeness (QED) is 0.151. The lowest BCUT2D eigenvalue weighted by molar-refractivity contribution is -0.274. The van der Waals surface area contributed by atoms with E-state index in [9.17, 15) is 22.8 Å². The second kappa shape index (κ2) is 12.3. The standard InChI is InChI=1S/C28H21F3N6O4S/c1-2-40-26(39)22-5-3-4-6-23(22)37-24(38)16-42-27(37)34-33-15-18-7-9-19(10-8-18)25-32-17-36(35-25)20-11-13-21(14-12-20)41-28(29,30)31/h3-15,17H,2,16H2,1H3. The predicted molar refractivity (Wildman–Crippen MR) is 151 cm³/mol. The molecular weight excluding hydrogens is 573 g/mol. The van der Waals surface area contributed by atoms with E-state index in [2.05, 4.69) is 25.0 Å². The number of alkyl halides is 3. The molecule has 1 fully saturated rings. The molecule has 42 heavy (non-hydrogen) atoms. The van der Waals surface area contributed by atoms with Crippen molar-refractivity contribution in [2.75, 3.05) is 17.3 Å². The van der Waals surface area contributed by atoms with Crippen LogP contribution < -0.4 is 9.64 Å². The molecule has 14 heteroatoms. The van der Waals surface area contributed by atoms with Crippen molar-refractivity contribution >= 4 is 40.7 Å². The van der Waals surface area contributed by atoms with Crippen LogP contribution in [0.15, 0.2) is 89.3 Å². The van der Waals surface area contributed by atoms with E-state index in [1.165, 1.54) is 58.2 Å². The molecule has 2 heterocycles. The molecule has 0 unspecified atom stereocenters. The van der Waals surface area contributed by atoms with Crippen molar-refractivity contribution in [3.63, 3.8) is 0 Å². The average molecular weight is 595 g/mol. The molecule has 3 aromatic carbocycles. The van der Waals surface area contributed by atoms with Crippen molar-refractivity contribution < 1.29 is 32.2 Å². The van der Waals surface area contributed by atoms with Gasteiger partial charge in [-0.25, -0.2) is 14.5 Å². The van der Waals surface area contributed by atoms with Gasteiger partial charge in [-0.1, -0.05) is 48.2 Å². The summed E-state index contributed by atoms with van der Waals surface area (Å²) in [7, 11) is 0. The largest absolute Gasteiger partial charge is 0.573 e. The van der Waals surface area contributed by atoms with Crippen LogP contribution in [0.1, 0.15) is 22.8 Å². The predicted octanol–water partition coefficient (Wildman–Crippen LogP) is 5.48. The highest BCUT2D eigenvalue weighted by Crippen LogP contribution is 2.30. The van der Waals surface area contributed by atoms with Crippen LogP contribution in [0.25, 0.3) is 17.1 Å². The molecule has 5 rings (SSSR count). The van der Waals surface area contributed by atoms with Crippen LogP contribution in [0.4, 0.5) is 18.9 Å². The third kappa shape index (κ3) is 6.66. The number of amidine groups is 1. The van der Waals surface area contributed by atoms with Crippen molar-refractivity contribution in [2.24, 2.45) is 10.2 Å². The highest BCUT2D eigenvalue weighted by atomic mass is 32.2. The van der Waals surface area contributed by atoms with Crippen molar-refractivity contribution in [1.82, 2.24) is 14.8 Å². The first kappa shape index (κ1) is 28.5. The van der Waals surface area contributed by atoms with Gasteiger partial charge >= 0.3 is 12.3 Å². The lowest BCUT2D eigenvalue weighted by Crippen LogP contribution is -2.30. The van der Waals surface area contributed by atoms with Crippen LogP contribution in [0.5, 0.6) is 5.75 Å². The number of para-hydroxylation sites is 1. The molecule has 1 aliphatic heterocycles. The number of amides is 1. The lowest BCUT2D eigenvalue weighted by Gasteiger charge is -2.18. The molecule has 4 aromatic rings. The number of hydrogen-bond donors (Lipinski definition) is 0. The van der Waals surface area contributed by atoms with E-state index in [-0.39, 0.29) is 29.6 Å². The third-order valence-electron chi connectivity index (χ3n) is 5.75. The van der Waals surface area contributed by atoms with Gasteiger partial charge in [0.05, 0.1) is 35.5 Å². The zero-order valence-corrected chi connectivity index (χ0v) is 22.7. The maximum absolute atomic E-state index is 12.6. The summed E-state index contributed by atoms with van der Waals surface area (Å²) in [6.07, 6.45) is -1.79. The van der Waals surface area contributed by atoms with Gasteiger partial charge in [-0.3, -0.25) is 9.69 Å².